The van der Waals surface area contributed by atoms with Crippen LogP contribution >= 0.6 is 0 Å². The van der Waals surface area contributed by atoms with E-state index >= 15 is 0 Å². The molecule has 94 valence electrons. The summed E-state index contributed by atoms with van der Waals surface area (Å²) in [6.07, 6.45) is 0. The van der Waals surface area contributed by atoms with E-state index in [1.165, 1.54) is 11.4 Å². The van der Waals surface area contributed by atoms with E-state index in [-0.39, 0.29) is 10.6 Å². The SMILES string of the molecule is CCn1c(C)cc(-c2ccc([N+](=O)[O-])cc2)c1C. The van der Waals surface area contributed by atoms with Gasteiger partial charge in [0.05, 0.1) is 4.92 Å². The van der Waals surface area contributed by atoms with Crippen LogP contribution in [0.15, 0.2) is 30.3 Å². The highest BCUT2D eigenvalue weighted by Gasteiger charge is 2.11. The Balaban J connectivity index is 2.46. The van der Waals surface area contributed by atoms with Gasteiger partial charge in [-0.1, -0.05) is 0 Å². The molecular formula is C14H16N2O2. The Morgan fingerprint density at radius 3 is 2.28 bits per heavy atom. The van der Waals surface area contributed by atoms with E-state index in [1.54, 1.807) is 24.3 Å². The number of hydrogen-bond donors (Lipinski definition) is 0. The third kappa shape index (κ3) is 2.01. The van der Waals surface area contributed by atoms with E-state index in [2.05, 4.69) is 31.4 Å². The first-order valence-electron chi connectivity index (χ1n) is 5.96. The van der Waals surface area contributed by atoms with Crippen LogP contribution in [0.25, 0.3) is 11.1 Å². The number of nitrogens with zero attached hydrogens (tertiary/aromatic N) is 2. The van der Waals surface area contributed by atoms with Crippen molar-refractivity contribution in [3.8, 4) is 11.1 Å². The maximum Gasteiger partial charge on any atom is 0.269 e. The van der Waals surface area contributed by atoms with Gasteiger partial charge in [0.1, 0.15) is 0 Å². The highest BCUT2D eigenvalue weighted by atomic mass is 16.6. The summed E-state index contributed by atoms with van der Waals surface area (Å²) in [6, 6.07) is 8.83. The topological polar surface area (TPSA) is 48.1 Å². The monoisotopic (exact) mass is 244 g/mol. The van der Waals surface area contributed by atoms with Gasteiger partial charge in [-0.15, -0.1) is 0 Å². The van der Waals surface area contributed by atoms with Crippen LogP contribution < -0.4 is 0 Å². The highest BCUT2D eigenvalue weighted by Crippen LogP contribution is 2.28. The molecule has 0 fully saturated rings. The molecule has 0 radical (unpaired) electrons. The highest BCUT2D eigenvalue weighted by molar-refractivity contribution is 5.68. The lowest BCUT2D eigenvalue weighted by Gasteiger charge is -2.06. The molecule has 0 aliphatic carbocycles. The number of aryl methyl sites for hydroxylation is 1. The van der Waals surface area contributed by atoms with Crippen LogP contribution in [0.1, 0.15) is 18.3 Å². The summed E-state index contributed by atoms with van der Waals surface area (Å²) in [7, 11) is 0. The van der Waals surface area contributed by atoms with Gasteiger partial charge in [-0.3, -0.25) is 10.1 Å². The molecule has 18 heavy (non-hydrogen) atoms. The molecule has 0 saturated carbocycles. The molecule has 0 unspecified atom stereocenters. The van der Waals surface area contributed by atoms with E-state index < -0.39 is 0 Å². The van der Waals surface area contributed by atoms with Crippen LogP contribution in [0, 0.1) is 24.0 Å². The quantitative estimate of drug-likeness (QED) is 0.610. The molecule has 0 N–H and O–H groups in total. The lowest BCUT2D eigenvalue weighted by molar-refractivity contribution is -0.384. The van der Waals surface area contributed by atoms with Crippen molar-refractivity contribution in [3.05, 3.63) is 51.8 Å². The van der Waals surface area contributed by atoms with Crippen molar-refractivity contribution in [2.45, 2.75) is 27.3 Å². The molecule has 2 aromatic rings. The van der Waals surface area contributed by atoms with Gasteiger partial charge in [0.2, 0.25) is 0 Å². The minimum Gasteiger partial charge on any atom is -0.349 e. The first-order valence-corrected chi connectivity index (χ1v) is 5.96. The molecule has 1 aromatic heterocycles. The number of benzene rings is 1. The summed E-state index contributed by atoms with van der Waals surface area (Å²) >= 11 is 0. The van der Waals surface area contributed by atoms with Gasteiger partial charge in [-0.05, 0) is 44.5 Å². The average Bonchev–Trinajstić information content (AvgIpc) is 2.64. The largest absolute Gasteiger partial charge is 0.349 e. The summed E-state index contributed by atoms with van der Waals surface area (Å²) in [5.41, 5.74) is 4.70. The van der Waals surface area contributed by atoms with Crippen molar-refractivity contribution < 1.29 is 4.92 Å². The number of nitro groups is 1. The summed E-state index contributed by atoms with van der Waals surface area (Å²) in [5, 5.41) is 10.6. The third-order valence-corrected chi connectivity index (χ3v) is 3.28. The van der Waals surface area contributed by atoms with E-state index in [1.807, 2.05) is 0 Å². The second-order valence-electron chi connectivity index (χ2n) is 4.33. The third-order valence-electron chi connectivity index (χ3n) is 3.28. The van der Waals surface area contributed by atoms with Crippen molar-refractivity contribution in [3.63, 3.8) is 0 Å². The second-order valence-corrected chi connectivity index (χ2v) is 4.33. The number of non-ortho nitro benzene ring substituents is 1. The summed E-state index contributed by atoms with van der Waals surface area (Å²) < 4.78 is 2.23. The molecule has 0 atom stereocenters. The summed E-state index contributed by atoms with van der Waals surface area (Å²) in [5.74, 6) is 0. The first-order chi connectivity index (χ1) is 8.54. The lowest BCUT2D eigenvalue weighted by Crippen LogP contribution is -1.98. The molecule has 1 heterocycles. The predicted octanol–water partition coefficient (Wildman–Crippen LogP) is 3.70. The number of rotatable bonds is 3. The van der Waals surface area contributed by atoms with Gasteiger partial charge < -0.3 is 4.57 Å². The van der Waals surface area contributed by atoms with Gasteiger partial charge >= 0.3 is 0 Å². The van der Waals surface area contributed by atoms with E-state index in [0.29, 0.717) is 0 Å². The normalized spacial score (nSPS) is 10.6. The Morgan fingerprint density at radius 1 is 1.22 bits per heavy atom. The van der Waals surface area contributed by atoms with Gasteiger partial charge in [0.25, 0.3) is 5.69 Å². The Hall–Kier alpha value is -2.10. The van der Waals surface area contributed by atoms with Crippen LogP contribution in [0.5, 0.6) is 0 Å². The summed E-state index contributed by atoms with van der Waals surface area (Å²) in [6.45, 7) is 7.20. The zero-order valence-corrected chi connectivity index (χ0v) is 10.8. The molecule has 0 aliphatic rings. The van der Waals surface area contributed by atoms with Gasteiger partial charge in [0, 0.05) is 35.6 Å². The van der Waals surface area contributed by atoms with Crippen LogP contribution in [0.2, 0.25) is 0 Å². The fourth-order valence-electron chi connectivity index (χ4n) is 2.34. The Morgan fingerprint density at radius 2 is 1.83 bits per heavy atom. The Bertz CT molecular complexity index is 583. The van der Waals surface area contributed by atoms with Gasteiger partial charge in [-0.2, -0.15) is 0 Å². The molecule has 0 amide bonds. The van der Waals surface area contributed by atoms with Gasteiger partial charge in [-0.25, -0.2) is 0 Å². The minimum absolute atomic E-state index is 0.128. The van der Waals surface area contributed by atoms with Crippen molar-refractivity contribution in [1.82, 2.24) is 4.57 Å². The first kappa shape index (κ1) is 12.4. The summed E-state index contributed by atoms with van der Waals surface area (Å²) in [4.78, 5) is 10.2. The Labute approximate surface area is 106 Å². The molecule has 0 bridgehead atoms. The molecule has 1 aromatic carbocycles. The van der Waals surface area contributed by atoms with Crippen LogP contribution in [0.3, 0.4) is 0 Å². The fourth-order valence-corrected chi connectivity index (χ4v) is 2.34. The second kappa shape index (κ2) is 4.64. The van der Waals surface area contributed by atoms with E-state index in [9.17, 15) is 10.1 Å². The van der Waals surface area contributed by atoms with E-state index in [4.69, 9.17) is 0 Å². The smallest absolute Gasteiger partial charge is 0.269 e. The van der Waals surface area contributed by atoms with Gasteiger partial charge in [0.15, 0.2) is 0 Å². The maximum absolute atomic E-state index is 10.6. The molecule has 0 spiro atoms. The Kier molecular flexibility index (Phi) is 3.19. The standard InChI is InChI=1S/C14H16N2O2/c1-4-15-10(2)9-14(11(15)3)12-5-7-13(8-6-12)16(17)18/h5-9H,4H2,1-3H3. The average molecular weight is 244 g/mol. The fraction of sp³-hybridized carbons (Fsp3) is 0.286. The van der Waals surface area contributed by atoms with Crippen LogP contribution in [0.4, 0.5) is 5.69 Å². The zero-order chi connectivity index (χ0) is 13.3. The van der Waals surface area contributed by atoms with E-state index in [0.717, 1.165) is 17.7 Å². The number of hydrogen-bond acceptors (Lipinski definition) is 2. The zero-order valence-electron chi connectivity index (χ0n) is 10.8. The van der Waals surface area contributed by atoms with Crippen molar-refractivity contribution in [1.29, 1.82) is 0 Å². The predicted molar refractivity (Wildman–Crippen MR) is 71.7 cm³/mol. The van der Waals surface area contributed by atoms with Crippen molar-refractivity contribution in [2.24, 2.45) is 0 Å². The minimum atomic E-state index is -0.376. The molecule has 0 aliphatic heterocycles. The number of nitro benzene ring substituents is 1. The van der Waals surface area contributed by atoms with Crippen molar-refractivity contribution in [2.75, 3.05) is 0 Å². The van der Waals surface area contributed by atoms with Crippen molar-refractivity contribution >= 4 is 5.69 Å². The van der Waals surface area contributed by atoms with Crippen LogP contribution in [-0.2, 0) is 6.54 Å². The lowest BCUT2D eigenvalue weighted by atomic mass is 10.1. The molecule has 2 rings (SSSR count). The molecule has 4 nitrogen and oxygen atoms in total. The maximum atomic E-state index is 10.6. The molecular weight excluding hydrogens is 228 g/mol. The molecule has 0 saturated heterocycles. The number of aromatic nitrogens is 1. The van der Waals surface area contributed by atoms with Crippen LogP contribution in [-0.4, -0.2) is 9.49 Å². The molecule has 4 heteroatoms.